The number of hydrogen-bond acceptors (Lipinski definition) is 7. The van der Waals surface area contributed by atoms with Crippen LogP contribution >= 0.6 is 0 Å². The summed E-state index contributed by atoms with van der Waals surface area (Å²) < 4.78 is 18.7. The van der Waals surface area contributed by atoms with E-state index in [1.165, 1.54) is 12.1 Å². The van der Waals surface area contributed by atoms with Gasteiger partial charge in [-0.05, 0) is 48.5 Å². The SMILES string of the molecule is O=Cc1cc(N2CCNC(C=O)C2)nc(-c2ccc(Oc3ccc(F)cc3)cc2)n1. The maximum absolute atomic E-state index is 13.0. The molecule has 7 nitrogen and oxygen atoms in total. The third kappa shape index (κ3) is 4.49. The molecule has 8 heteroatoms. The zero-order valence-electron chi connectivity index (χ0n) is 16.0. The second kappa shape index (κ2) is 8.79. The summed E-state index contributed by atoms with van der Waals surface area (Å²) in [6.45, 7) is 1.79. The number of carbonyl (C=O) groups excluding carboxylic acids is 2. The van der Waals surface area contributed by atoms with Crippen molar-refractivity contribution in [1.29, 1.82) is 0 Å². The van der Waals surface area contributed by atoms with E-state index in [1.807, 2.05) is 4.90 Å². The summed E-state index contributed by atoms with van der Waals surface area (Å²) in [5, 5.41) is 3.12. The van der Waals surface area contributed by atoms with Crippen molar-refractivity contribution in [3.05, 3.63) is 66.1 Å². The van der Waals surface area contributed by atoms with Gasteiger partial charge in [-0.2, -0.15) is 0 Å². The third-order valence-electron chi connectivity index (χ3n) is 4.71. The minimum Gasteiger partial charge on any atom is -0.457 e. The molecule has 3 aromatic rings. The Morgan fingerprint density at radius 1 is 1.03 bits per heavy atom. The molecule has 0 spiro atoms. The van der Waals surface area contributed by atoms with E-state index in [0.717, 1.165) is 6.29 Å². The maximum Gasteiger partial charge on any atom is 0.168 e. The first-order valence-corrected chi connectivity index (χ1v) is 9.46. The lowest BCUT2D eigenvalue weighted by Gasteiger charge is -2.32. The largest absolute Gasteiger partial charge is 0.457 e. The summed E-state index contributed by atoms with van der Waals surface area (Å²) in [7, 11) is 0. The quantitative estimate of drug-likeness (QED) is 0.630. The lowest BCUT2D eigenvalue weighted by molar-refractivity contribution is -0.109. The number of nitrogens with one attached hydrogen (secondary N) is 1. The van der Waals surface area contributed by atoms with Crippen molar-refractivity contribution in [2.75, 3.05) is 24.5 Å². The van der Waals surface area contributed by atoms with Crippen molar-refractivity contribution in [1.82, 2.24) is 15.3 Å². The monoisotopic (exact) mass is 406 g/mol. The van der Waals surface area contributed by atoms with E-state index in [0.29, 0.717) is 54.6 Å². The zero-order chi connectivity index (χ0) is 20.9. The minimum absolute atomic E-state index is 0.267. The first-order chi connectivity index (χ1) is 14.6. The Hall–Kier alpha value is -3.65. The van der Waals surface area contributed by atoms with Crippen LogP contribution in [0.1, 0.15) is 10.5 Å². The van der Waals surface area contributed by atoms with Crippen LogP contribution in [0.5, 0.6) is 11.5 Å². The number of hydrogen-bond donors (Lipinski definition) is 1. The van der Waals surface area contributed by atoms with E-state index in [-0.39, 0.29) is 17.6 Å². The highest BCUT2D eigenvalue weighted by Gasteiger charge is 2.21. The number of aldehydes is 2. The highest BCUT2D eigenvalue weighted by molar-refractivity contribution is 5.75. The van der Waals surface area contributed by atoms with Crippen LogP contribution in [-0.2, 0) is 4.79 Å². The molecule has 2 heterocycles. The number of halogens is 1. The van der Waals surface area contributed by atoms with Gasteiger partial charge in [-0.15, -0.1) is 0 Å². The van der Waals surface area contributed by atoms with Gasteiger partial charge in [0.25, 0.3) is 0 Å². The Morgan fingerprint density at radius 2 is 1.73 bits per heavy atom. The number of carbonyl (C=O) groups is 2. The standard InChI is InChI=1S/C22H19FN4O3/c23-16-3-7-20(8-4-16)30-19-5-1-15(2-6-19)22-25-17(13-28)11-21(26-22)27-10-9-24-18(12-27)14-29/h1-8,11,13-14,18,24H,9-10,12H2. The summed E-state index contributed by atoms with van der Waals surface area (Å²) in [5.74, 6) is 1.78. The molecule has 0 saturated carbocycles. The van der Waals surface area contributed by atoms with Crippen LogP contribution in [-0.4, -0.2) is 48.2 Å². The summed E-state index contributed by atoms with van der Waals surface area (Å²) in [5.41, 5.74) is 0.983. The van der Waals surface area contributed by atoms with Gasteiger partial charge < -0.3 is 19.7 Å². The number of rotatable bonds is 6. The van der Waals surface area contributed by atoms with Crippen molar-refractivity contribution in [2.24, 2.45) is 0 Å². The highest BCUT2D eigenvalue weighted by Crippen LogP contribution is 2.26. The number of piperazine rings is 1. The minimum atomic E-state index is -0.329. The van der Waals surface area contributed by atoms with Gasteiger partial charge in [0.05, 0.1) is 6.04 Å². The van der Waals surface area contributed by atoms with E-state index >= 15 is 0 Å². The molecular weight excluding hydrogens is 387 g/mol. The van der Waals surface area contributed by atoms with E-state index in [9.17, 15) is 14.0 Å². The van der Waals surface area contributed by atoms with Gasteiger partial charge in [0.15, 0.2) is 12.1 Å². The molecule has 0 aliphatic carbocycles. The fourth-order valence-electron chi connectivity index (χ4n) is 3.19. The Balaban J connectivity index is 1.57. The van der Waals surface area contributed by atoms with Crippen LogP contribution in [0.2, 0.25) is 0 Å². The molecule has 0 amide bonds. The second-order valence-corrected chi connectivity index (χ2v) is 6.82. The lowest BCUT2D eigenvalue weighted by Crippen LogP contribution is -2.51. The van der Waals surface area contributed by atoms with Crippen LogP contribution in [0, 0.1) is 5.82 Å². The van der Waals surface area contributed by atoms with Crippen molar-refractivity contribution < 1.29 is 18.7 Å². The average molecular weight is 406 g/mol. The molecule has 152 valence electrons. The third-order valence-corrected chi connectivity index (χ3v) is 4.71. The number of aromatic nitrogens is 2. The molecule has 4 rings (SSSR count). The van der Waals surface area contributed by atoms with E-state index in [4.69, 9.17) is 4.74 Å². The molecule has 1 unspecified atom stereocenters. The molecular formula is C22H19FN4O3. The molecule has 1 aromatic heterocycles. The maximum atomic E-state index is 13.0. The van der Waals surface area contributed by atoms with Gasteiger partial charge in [0, 0.05) is 31.3 Å². The van der Waals surface area contributed by atoms with Gasteiger partial charge in [-0.25, -0.2) is 14.4 Å². The first kappa shape index (κ1) is 19.7. The van der Waals surface area contributed by atoms with Crippen LogP contribution in [0.25, 0.3) is 11.4 Å². The smallest absolute Gasteiger partial charge is 0.168 e. The molecule has 1 atom stereocenters. The van der Waals surface area contributed by atoms with E-state index < -0.39 is 0 Å². The normalized spacial score (nSPS) is 16.2. The number of anilines is 1. The number of ether oxygens (including phenoxy) is 1. The predicted octanol–water partition coefficient (Wildman–Crippen LogP) is 2.86. The lowest BCUT2D eigenvalue weighted by atomic mass is 10.2. The average Bonchev–Trinajstić information content (AvgIpc) is 2.80. The van der Waals surface area contributed by atoms with Gasteiger partial charge in [0.2, 0.25) is 0 Å². The topological polar surface area (TPSA) is 84.4 Å². The Morgan fingerprint density at radius 3 is 2.40 bits per heavy atom. The van der Waals surface area contributed by atoms with Gasteiger partial charge in [0.1, 0.15) is 35.1 Å². The van der Waals surface area contributed by atoms with Crippen LogP contribution in [0.15, 0.2) is 54.6 Å². The molecule has 1 aliphatic heterocycles. The summed E-state index contributed by atoms with van der Waals surface area (Å²) in [4.78, 5) is 33.4. The number of benzene rings is 2. The molecule has 1 N–H and O–H groups in total. The van der Waals surface area contributed by atoms with Crippen molar-refractivity contribution in [2.45, 2.75) is 6.04 Å². The second-order valence-electron chi connectivity index (χ2n) is 6.82. The zero-order valence-corrected chi connectivity index (χ0v) is 16.0. The van der Waals surface area contributed by atoms with Crippen LogP contribution < -0.4 is 15.0 Å². The molecule has 1 aliphatic rings. The highest BCUT2D eigenvalue weighted by atomic mass is 19.1. The van der Waals surface area contributed by atoms with Crippen molar-refractivity contribution >= 4 is 18.4 Å². The summed E-state index contributed by atoms with van der Waals surface area (Å²) >= 11 is 0. The van der Waals surface area contributed by atoms with E-state index in [1.54, 1.807) is 42.5 Å². The van der Waals surface area contributed by atoms with Crippen LogP contribution in [0.4, 0.5) is 10.2 Å². The fraction of sp³-hybridized carbons (Fsp3) is 0.182. The first-order valence-electron chi connectivity index (χ1n) is 9.46. The number of nitrogens with zero attached hydrogens (tertiary/aromatic N) is 3. The molecule has 30 heavy (non-hydrogen) atoms. The van der Waals surface area contributed by atoms with Gasteiger partial charge >= 0.3 is 0 Å². The van der Waals surface area contributed by atoms with Gasteiger partial charge in [-0.1, -0.05) is 0 Å². The van der Waals surface area contributed by atoms with Crippen LogP contribution in [0.3, 0.4) is 0 Å². The van der Waals surface area contributed by atoms with Crippen molar-refractivity contribution in [3.8, 4) is 22.9 Å². The molecule has 1 fully saturated rings. The fourth-order valence-corrected chi connectivity index (χ4v) is 3.19. The Bertz CT molecular complexity index is 1040. The Labute approximate surface area is 172 Å². The molecule has 2 aromatic carbocycles. The summed E-state index contributed by atoms with van der Waals surface area (Å²) in [6, 6.07) is 14.2. The predicted molar refractivity (Wildman–Crippen MR) is 109 cm³/mol. The Kier molecular flexibility index (Phi) is 5.76. The van der Waals surface area contributed by atoms with Gasteiger partial charge in [-0.3, -0.25) is 4.79 Å². The molecule has 0 bridgehead atoms. The molecule has 0 radical (unpaired) electrons. The van der Waals surface area contributed by atoms with E-state index in [2.05, 4.69) is 15.3 Å². The molecule has 1 saturated heterocycles. The van der Waals surface area contributed by atoms with Crippen molar-refractivity contribution in [3.63, 3.8) is 0 Å². The summed E-state index contributed by atoms with van der Waals surface area (Å²) in [6.07, 6.45) is 1.55.